The van der Waals surface area contributed by atoms with Gasteiger partial charge in [0.15, 0.2) is 0 Å². The largest absolute Gasteiger partial charge is 0.465 e. The van der Waals surface area contributed by atoms with E-state index in [2.05, 4.69) is 4.99 Å². The summed E-state index contributed by atoms with van der Waals surface area (Å²) < 4.78 is 10.1. The minimum atomic E-state index is -0.419. The molecule has 7 nitrogen and oxygen atoms in total. The topological polar surface area (TPSA) is 71.4 Å². The number of allylic oxidation sites excluding steroid dienone is 2. The fraction of sp³-hybridized carbons (Fsp3) is 0.350. The van der Waals surface area contributed by atoms with E-state index in [1.165, 1.54) is 13.3 Å². The summed E-state index contributed by atoms with van der Waals surface area (Å²) in [6.45, 7) is 2.54. The van der Waals surface area contributed by atoms with Crippen molar-refractivity contribution in [2.24, 2.45) is 4.99 Å². The summed E-state index contributed by atoms with van der Waals surface area (Å²) in [7, 11) is 1.34. The number of carbonyl (C=O) groups is 2. The lowest BCUT2D eigenvalue weighted by molar-refractivity contribution is -0.135. The van der Waals surface area contributed by atoms with Gasteiger partial charge in [0, 0.05) is 25.0 Å². The highest BCUT2D eigenvalue weighted by Crippen LogP contribution is 2.20. The number of methoxy groups -OCH3 is 1. The van der Waals surface area contributed by atoms with Crippen LogP contribution in [0.15, 0.2) is 58.7 Å². The molecule has 3 rings (SSSR count). The monoisotopic (exact) mass is 369 g/mol. The highest BCUT2D eigenvalue weighted by atomic mass is 16.5. The van der Waals surface area contributed by atoms with Crippen molar-refractivity contribution < 1.29 is 19.1 Å². The van der Waals surface area contributed by atoms with Gasteiger partial charge in [-0.05, 0) is 18.6 Å². The number of benzene rings is 1. The number of hydrogen-bond acceptors (Lipinski definition) is 5. The molecule has 2 aliphatic heterocycles. The first-order chi connectivity index (χ1) is 13.2. The van der Waals surface area contributed by atoms with Gasteiger partial charge in [-0.2, -0.15) is 0 Å². The molecule has 0 unspecified atom stereocenters. The number of anilines is 1. The number of morpholine rings is 1. The van der Waals surface area contributed by atoms with Gasteiger partial charge in [0.25, 0.3) is 0 Å². The normalized spacial score (nSPS) is 16.9. The molecule has 1 aromatic carbocycles. The van der Waals surface area contributed by atoms with Gasteiger partial charge in [-0.15, -0.1) is 0 Å². The van der Waals surface area contributed by atoms with E-state index in [0.29, 0.717) is 44.8 Å². The van der Waals surface area contributed by atoms with Gasteiger partial charge in [0.05, 0.1) is 38.1 Å². The van der Waals surface area contributed by atoms with Gasteiger partial charge in [-0.1, -0.05) is 30.4 Å². The predicted molar refractivity (Wildman–Crippen MR) is 103 cm³/mol. The van der Waals surface area contributed by atoms with Crippen LogP contribution in [0.3, 0.4) is 0 Å². The molecule has 0 aliphatic carbocycles. The number of esters is 1. The number of hydrogen-bond donors (Lipinski definition) is 0. The Morgan fingerprint density at radius 2 is 1.93 bits per heavy atom. The molecule has 142 valence electrons. The van der Waals surface area contributed by atoms with Crippen LogP contribution >= 0.6 is 0 Å². The molecular formula is C20H23N3O4. The zero-order chi connectivity index (χ0) is 19.1. The molecule has 1 saturated heterocycles. The lowest BCUT2D eigenvalue weighted by atomic mass is 10.2. The molecule has 27 heavy (non-hydrogen) atoms. The lowest BCUT2D eigenvalue weighted by Gasteiger charge is -2.33. The van der Waals surface area contributed by atoms with Crippen molar-refractivity contribution in [2.45, 2.75) is 6.42 Å². The smallest absolute Gasteiger partial charge is 0.339 e. The lowest BCUT2D eigenvalue weighted by Crippen LogP contribution is -2.48. The molecule has 0 bridgehead atoms. The SMILES string of the molecule is COC(=O)C1=CCC=C(CN(C(=O)N2CCOCC2)c2ccccc2)N=C1. The Labute approximate surface area is 158 Å². The maximum atomic E-state index is 13.1. The maximum absolute atomic E-state index is 13.1. The number of ether oxygens (including phenoxy) is 2. The molecule has 1 aromatic rings. The second-order valence-electron chi connectivity index (χ2n) is 6.14. The van der Waals surface area contributed by atoms with E-state index in [0.717, 1.165) is 11.4 Å². The third-order valence-electron chi connectivity index (χ3n) is 4.38. The van der Waals surface area contributed by atoms with Gasteiger partial charge < -0.3 is 14.4 Å². The van der Waals surface area contributed by atoms with Crippen LogP contribution in [-0.4, -0.2) is 63.1 Å². The minimum absolute atomic E-state index is 0.0778. The van der Waals surface area contributed by atoms with Crippen molar-refractivity contribution in [1.82, 2.24) is 4.90 Å². The molecule has 0 N–H and O–H groups in total. The minimum Gasteiger partial charge on any atom is -0.465 e. The van der Waals surface area contributed by atoms with Gasteiger partial charge in [-0.25, -0.2) is 9.59 Å². The van der Waals surface area contributed by atoms with Crippen LogP contribution in [0.1, 0.15) is 6.42 Å². The van der Waals surface area contributed by atoms with E-state index in [4.69, 9.17) is 9.47 Å². The zero-order valence-electron chi connectivity index (χ0n) is 15.3. The summed E-state index contributed by atoms with van der Waals surface area (Å²) in [6, 6.07) is 9.43. The first-order valence-corrected chi connectivity index (χ1v) is 8.90. The van der Waals surface area contributed by atoms with Crippen LogP contribution in [0.2, 0.25) is 0 Å². The van der Waals surface area contributed by atoms with Crippen LogP contribution in [0.4, 0.5) is 10.5 Å². The molecule has 0 saturated carbocycles. The standard InChI is InChI=1S/C20H23N3O4/c1-26-19(24)16-6-5-7-17(21-14-16)15-23(18-8-3-2-4-9-18)20(25)22-10-12-27-13-11-22/h2-4,6-9,14H,5,10-13,15H2,1H3. The highest BCUT2D eigenvalue weighted by Gasteiger charge is 2.25. The zero-order valence-corrected chi connectivity index (χ0v) is 15.3. The quantitative estimate of drug-likeness (QED) is 0.764. The van der Waals surface area contributed by atoms with E-state index in [9.17, 15) is 9.59 Å². The summed E-state index contributed by atoms with van der Waals surface area (Å²) in [4.78, 5) is 32.7. The molecule has 0 atom stereocenters. The molecular weight excluding hydrogens is 346 g/mol. The average Bonchev–Trinajstić information content (AvgIpc) is 2.98. The molecule has 1 fully saturated rings. The number of para-hydroxylation sites is 1. The van der Waals surface area contributed by atoms with E-state index in [1.54, 1.807) is 15.9 Å². The van der Waals surface area contributed by atoms with E-state index < -0.39 is 5.97 Å². The van der Waals surface area contributed by atoms with E-state index in [1.807, 2.05) is 36.4 Å². The molecule has 2 aliphatic rings. The first-order valence-electron chi connectivity index (χ1n) is 8.90. The number of carbonyl (C=O) groups excluding carboxylic acids is 2. The molecule has 2 amide bonds. The van der Waals surface area contributed by atoms with Gasteiger partial charge >= 0.3 is 12.0 Å². The van der Waals surface area contributed by atoms with Crippen molar-refractivity contribution in [3.05, 3.63) is 53.8 Å². The van der Waals surface area contributed by atoms with Crippen LogP contribution in [0, 0.1) is 0 Å². The van der Waals surface area contributed by atoms with Crippen LogP contribution in [-0.2, 0) is 14.3 Å². The van der Waals surface area contributed by atoms with Crippen molar-refractivity contribution in [2.75, 3.05) is 44.9 Å². The van der Waals surface area contributed by atoms with Gasteiger partial charge in [0.2, 0.25) is 0 Å². The molecule has 0 spiro atoms. The number of amides is 2. The number of urea groups is 1. The first kappa shape index (κ1) is 18.8. The Hall–Kier alpha value is -2.93. The summed E-state index contributed by atoms with van der Waals surface area (Å²) in [6.07, 6.45) is 5.72. The van der Waals surface area contributed by atoms with Gasteiger partial charge in [-0.3, -0.25) is 9.89 Å². The number of nitrogens with zero attached hydrogens (tertiary/aromatic N) is 3. The van der Waals surface area contributed by atoms with Crippen molar-refractivity contribution >= 4 is 23.9 Å². The molecule has 0 radical (unpaired) electrons. The van der Waals surface area contributed by atoms with Crippen molar-refractivity contribution in [3.63, 3.8) is 0 Å². The van der Waals surface area contributed by atoms with E-state index in [-0.39, 0.29) is 6.03 Å². The Morgan fingerprint density at radius 1 is 1.19 bits per heavy atom. The van der Waals surface area contributed by atoms with E-state index >= 15 is 0 Å². The summed E-state index contributed by atoms with van der Waals surface area (Å²) >= 11 is 0. The fourth-order valence-electron chi connectivity index (χ4n) is 2.90. The highest BCUT2D eigenvalue weighted by molar-refractivity contribution is 6.09. The van der Waals surface area contributed by atoms with Crippen LogP contribution in [0.25, 0.3) is 0 Å². The second kappa shape index (κ2) is 9.14. The van der Waals surface area contributed by atoms with Crippen LogP contribution in [0.5, 0.6) is 0 Å². The number of rotatable bonds is 4. The average molecular weight is 369 g/mol. The Morgan fingerprint density at radius 3 is 2.63 bits per heavy atom. The van der Waals surface area contributed by atoms with Crippen molar-refractivity contribution in [1.29, 1.82) is 0 Å². The third kappa shape index (κ3) is 4.83. The Bertz CT molecular complexity index is 765. The molecule has 2 heterocycles. The summed E-state index contributed by atoms with van der Waals surface area (Å²) in [5, 5.41) is 0. The Kier molecular flexibility index (Phi) is 6.38. The maximum Gasteiger partial charge on any atom is 0.339 e. The third-order valence-corrected chi connectivity index (χ3v) is 4.38. The van der Waals surface area contributed by atoms with Crippen molar-refractivity contribution in [3.8, 4) is 0 Å². The van der Waals surface area contributed by atoms with Crippen LogP contribution < -0.4 is 4.90 Å². The summed E-state index contributed by atoms with van der Waals surface area (Å²) in [5.74, 6) is -0.419. The number of aliphatic imine (C=N–C) groups is 1. The van der Waals surface area contributed by atoms with Gasteiger partial charge in [0.1, 0.15) is 0 Å². The second-order valence-corrected chi connectivity index (χ2v) is 6.14. The summed E-state index contributed by atoms with van der Waals surface area (Å²) in [5.41, 5.74) is 1.93. The predicted octanol–water partition coefficient (Wildman–Crippen LogP) is 2.40. The molecule has 7 heteroatoms. The Balaban J connectivity index is 1.79. The molecule has 0 aromatic heterocycles. The fourth-order valence-corrected chi connectivity index (χ4v) is 2.90.